The first-order chi connectivity index (χ1) is 7.22. The Labute approximate surface area is 85.9 Å². The molecule has 0 atom stereocenters. The van der Waals surface area contributed by atoms with E-state index in [0.29, 0.717) is 18.8 Å². The molecule has 80 valence electrons. The lowest BCUT2D eigenvalue weighted by Crippen LogP contribution is -2.04. The molecule has 0 saturated heterocycles. The Morgan fingerprint density at radius 3 is 2.73 bits per heavy atom. The highest BCUT2D eigenvalue weighted by molar-refractivity contribution is 5.76. The van der Waals surface area contributed by atoms with Crippen LogP contribution in [0.15, 0.2) is 12.1 Å². The third kappa shape index (κ3) is 2.14. The van der Waals surface area contributed by atoms with Gasteiger partial charge in [-0.2, -0.15) is 0 Å². The Morgan fingerprint density at radius 1 is 1.40 bits per heavy atom. The lowest BCUT2D eigenvalue weighted by molar-refractivity contribution is 0.111. The molecular formula is C11H10F2O2. The number of ether oxygens (including phenoxy) is 1. The summed E-state index contributed by atoms with van der Waals surface area (Å²) in [6, 6.07) is 2.14. The molecule has 1 aromatic carbocycles. The van der Waals surface area contributed by atoms with E-state index < -0.39 is 17.4 Å². The van der Waals surface area contributed by atoms with Crippen LogP contribution in [-0.2, 0) is 0 Å². The van der Waals surface area contributed by atoms with Crippen molar-refractivity contribution in [2.24, 2.45) is 5.92 Å². The molecule has 1 aromatic rings. The second-order valence-corrected chi connectivity index (χ2v) is 3.65. The highest BCUT2D eigenvalue weighted by Gasteiger charge is 2.24. The lowest BCUT2D eigenvalue weighted by Gasteiger charge is -2.08. The zero-order valence-corrected chi connectivity index (χ0v) is 8.00. The number of rotatable bonds is 4. The maximum absolute atomic E-state index is 13.4. The van der Waals surface area contributed by atoms with Crippen molar-refractivity contribution < 1.29 is 18.3 Å². The third-order valence-electron chi connectivity index (χ3n) is 2.37. The van der Waals surface area contributed by atoms with Crippen LogP contribution >= 0.6 is 0 Å². The van der Waals surface area contributed by atoms with E-state index in [-0.39, 0.29) is 5.56 Å². The smallest absolute Gasteiger partial charge is 0.191 e. The Bertz CT molecular complexity index is 386. The molecule has 1 fully saturated rings. The van der Waals surface area contributed by atoms with Gasteiger partial charge < -0.3 is 4.74 Å². The van der Waals surface area contributed by atoms with E-state index in [1.807, 2.05) is 0 Å². The minimum atomic E-state index is -0.911. The van der Waals surface area contributed by atoms with Gasteiger partial charge in [0.2, 0.25) is 0 Å². The monoisotopic (exact) mass is 212 g/mol. The largest absolute Gasteiger partial charge is 0.487 e. The van der Waals surface area contributed by atoms with Crippen LogP contribution in [0.5, 0.6) is 5.75 Å². The van der Waals surface area contributed by atoms with Crippen LogP contribution < -0.4 is 4.74 Å². The number of hydrogen-bond acceptors (Lipinski definition) is 2. The number of halogens is 2. The van der Waals surface area contributed by atoms with Crippen LogP contribution in [0.3, 0.4) is 0 Å². The van der Waals surface area contributed by atoms with E-state index in [4.69, 9.17) is 4.74 Å². The van der Waals surface area contributed by atoms with E-state index in [9.17, 15) is 13.6 Å². The minimum Gasteiger partial charge on any atom is -0.487 e. The number of aldehydes is 1. The summed E-state index contributed by atoms with van der Waals surface area (Å²) in [5.74, 6) is -1.71. The molecule has 0 aromatic heterocycles. The summed E-state index contributed by atoms with van der Waals surface area (Å²) in [5, 5.41) is 0. The molecule has 0 spiro atoms. The second-order valence-electron chi connectivity index (χ2n) is 3.65. The number of hydrogen-bond donors (Lipinski definition) is 0. The maximum Gasteiger partial charge on any atom is 0.191 e. The van der Waals surface area contributed by atoms with Gasteiger partial charge in [-0.05, 0) is 30.9 Å². The number of carbonyl (C=O) groups excluding carboxylic acids is 1. The van der Waals surface area contributed by atoms with Crippen LogP contribution in [-0.4, -0.2) is 12.9 Å². The Hall–Kier alpha value is -1.45. The molecule has 0 N–H and O–H groups in total. The summed E-state index contributed by atoms with van der Waals surface area (Å²) in [7, 11) is 0. The van der Waals surface area contributed by atoms with Gasteiger partial charge in [0, 0.05) is 0 Å². The first-order valence-corrected chi connectivity index (χ1v) is 4.78. The van der Waals surface area contributed by atoms with E-state index in [1.165, 1.54) is 0 Å². The van der Waals surface area contributed by atoms with Crippen molar-refractivity contribution in [3.8, 4) is 5.75 Å². The molecule has 0 radical (unpaired) electrons. The molecule has 2 nitrogen and oxygen atoms in total. The summed E-state index contributed by atoms with van der Waals surface area (Å²) in [5.41, 5.74) is -0.179. The van der Waals surface area contributed by atoms with Gasteiger partial charge in [-0.25, -0.2) is 8.78 Å². The first-order valence-electron chi connectivity index (χ1n) is 4.78. The van der Waals surface area contributed by atoms with Gasteiger partial charge in [0.05, 0.1) is 12.2 Å². The molecule has 4 heteroatoms. The van der Waals surface area contributed by atoms with Gasteiger partial charge in [0.1, 0.15) is 0 Å². The second kappa shape index (κ2) is 3.96. The standard InChI is InChI=1S/C11H10F2O2/c12-9-4-3-8(5-14)10(13)11(9)15-6-7-1-2-7/h3-5,7H,1-2,6H2. The van der Waals surface area contributed by atoms with Crippen LogP contribution in [0, 0.1) is 17.6 Å². The summed E-state index contributed by atoms with van der Waals surface area (Å²) in [6.45, 7) is 0.316. The molecule has 0 heterocycles. The Balaban J connectivity index is 2.21. The fraction of sp³-hybridized carbons (Fsp3) is 0.364. The molecule has 1 aliphatic rings. The molecule has 0 unspecified atom stereocenters. The van der Waals surface area contributed by atoms with Crippen molar-refractivity contribution in [2.75, 3.05) is 6.61 Å². The van der Waals surface area contributed by atoms with Crippen molar-refractivity contribution >= 4 is 6.29 Å². The van der Waals surface area contributed by atoms with E-state index in [0.717, 1.165) is 25.0 Å². The number of benzene rings is 1. The topological polar surface area (TPSA) is 26.3 Å². The zero-order valence-electron chi connectivity index (χ0n) is 8.00. The van der Waals surface area contributed by atoms with Gasteiger partial charge in [-0.1, -0.05) is 0 Å². The summed E-state index contributed by atoms with van der Waals surface area (Å²) in [6.07, 6.45) is 2.42. The Morgan fingerprint density at radius 2 is 2.13 bits per heavy atom. The van der Waals surface area contributed by atoms with Crippen molar-refractivity contribution in [3.63, 3.8) is 0 Å². The summed E-state index contributed by atoms with van der Waals surface area (Å²) >= 11 is 0. The summed E-state index contributed by atoms with van der Waals surface area (Å²) < 4.78 is 31.6. The van der Waals surface area contributed by atoms with Crippen LogP contribution in [0.4, 0.5) is 8.78 Å². The van der Waals surface area contributed by atoms with Crippen LogP contribution in [0.1, 0.15) is 23.2 Å². The van der Waals surface area contributed by atoms with Crippen LogP contribution in [0.25, 0.3) is 0 Å². The zero-order chi connectivity index (χ0) is 10.8. The third-order valence-corrected chi connectivity index (χ3v) is 2.37. The molecule has 15 heavy (non-hydrogen) atoms. The van der Waals surface area contributed by atoms with E-state index in [1.54, 1.807) is 0 Å². The van der Waals surface area contributed by atoms with Crippen molar-refractivity contribution in [2.45, 2.75) is 12.8 Å². The van der Waals surface area contributed by atoms with Gasteiger partial charge in [0.25, 0.3) is 0 Å². The summed E-state index contributed by atoms with van der Waals surface area (Å²) in [4.78, 5) is 10.4. The van der Waals surface area contributed by atoms with Crippen molar-refractivity contribution in [1.29, 1.82) is 0 Å². The molecule has 0 aliphatic heterocycles. The maximum atomic E-state index is 13.4. The predicted molar refractivity (Wildman–Crippen MR) is 50.0 cm³/mol. The fourth-order valence-electron chi connectivity index (χ4n) is 1.26. The molecular weight excluding hydrogens is 202 g/mol. The predicted octanol–water partition coefficient (Wildman–Crippen LogP) is 2.57. The van der Waals surface area contributed by atoms with Gasteiger partial charge in [0.15, 0.2) is 23.7 Å². The highest BCUT2D eigenvalue weighted by Crippen LogP contribution is 2.31. The van der Waals surface area contributed by atoms with E-state index in [2.05, 4.69) is 0 Å². The average molecular weight is 212 g/mol. The van der Waals surface area contributed by atoms with Crippen molar-refractivity contribution in [3.05, 3.63) is 29.3 Å². The average Bonchev–Trinajstić information content (AvgIpc) is 3.02. The first kappa shape index (κ1) is 10.1. The molecule has 0 bridgehead atoms. The normalized spacial score (nSPS) is 15.1. The molecule has 1 aliphatic carbocycles. The molecule has 0 amide bonds. The van der Waals surface area contributed by atoms with Gasteiger partial charge in [-0.15, -0.1) is 0 Å². The van der Waals surface area contributed by atoms with Crippen LogP contribution in [0.2, 0.25) is 0 Å². The van der Waals surface area contributed by atoms with Gasteiger partial charge >= 0.3 is 0 Å². The lowest BCUT2D eigenvalue weighted by atomic mass is 10.2. The highest BCUT2D eigenvalue weighted by atomic mass is 19.1. The molecule has 2 rings (SSSR count). The quantitative estimate of drug-likeness (QED) is 0.717. The van der Waals surface area contributed by atoms with Crippen molar-refractivity contribution in [1.82, 2.24) is 0 Å². The molecule has 1 saturated carbocycles. The number of carbonyl (C=O) groups is 1. The SMILES string of the molecule is O=Cc1ccc(F)c(OCC2CC2)c1F. The van der Waals surface area contributed by atoms with Gasteiger partial charge in [-0.3, -0.25) is 4.79 Å². The van der Waals surface area contributed by atoms with E-state index >= 15 is 0 Å². The fourth-order valence-corrected chi connectivity index (χ4v) is 1.26. The Kier molecular flexibility index (Phi) is 2.66. The minimum absolute atomic E-state index is 0.179.